The fraction of sp³-hybridized carbons (Fsp3) is 0.647. The largest absolute Gasteiger partial charge is 0.493 e. The van der Waals surface area contributed by atoms with Crippen molar-refractivity contribution in [2.45, 2.75) is 51.1 Å². The molecule has 0 saturated heterocycles. The number of hydrogen-bond acceptors (Lipinski definition) is 4. The predicted molar refractivity (Wildman–Crippen MR) is 84.5 cm³/mol. The van der Waals surface area contributed by atoms with Gasteiger partial charge in [0.1, 0.15) is 0 Å². The van der Waals surface area contributed by atoms with E-state index in [0.717, 1.165) is 5.56 Å². The number of benzene rings is 1. The highest BCUT2D eigenvalue weighted by atomic mass is 16.5. The minimum atomic E-state index is 0.266. The zero-order valence-corrected chi connectivity index (χ0v) is 13.6. The van der Waals surface area contributed by atoms with Crippen molar-refractivity contribution in [2.24, 2.45) is 0 Å². The molecular formula is C17H27NO3. The van der Waals surface area contributed by atoms with E-state index >= 15 is 0 Å². The number of hydrogen-bond donors (Lipinski definition) is 1. The van der Waals surface area contributed by atoms with Crippen LogP contribution in [0.5, 0.6) is 17.2 Å². The van der Waals surface area contributed by atoms with Crippen LogP contribution < -0.4 is 19.5 Å². The topological polar surface area (TPSA) is 39.7 Å². The van der Waals surface area contributed by atoms with Gasteiger partial charge in [0.2, 0.25) is 5.75 Å². The Balaban J connectivity index is 2.17. The minimum absolute atomic E-state index is 0.266. The average Bonchev–Trinajstić information content (AvgIpc) is 2.54. The number of ether oxygens (including phenoxy) is 3. The van der Waals surface area contributed by atoms with Gasteiger partial charge in [-0.2, -0.15) is 0 Å². The molecule has 0 aliphatic heterocycles. The van der Waals surface area contributed by atoms with Gasteiger partial charge < -0.3 is 19.5 Å². The second-order valence-electron chi connectivity index (χ2n) is 5.68. The molecule has 118 valence electrons. The third-order valence-electron chi connectivity index (χ3n) is 4.28. The van der Waals surface area contributed by atoms with Gasteiger partial charge in [0, 0.05) is 12.1 Å². The zero-order valence-electron chi connectivity index (χ0n) is 13.6. The van der Waals surface area contributed by atoms with Gasteiger partial charge in [0.05, 0.1) is 21.3 Å². The van der Waals surface area contributed by atoms with E-state index in [1.807, 2.05) is 12.1 Å². The molecule has 21 heavy (non-hydrogen) atoms. The van der Waals surface area contributed by atoms with Gasteiger partial charge in [-0.05, 0) is 37.5 Å². The highest BCUT2D eigenvalue weighted by molar-refractivity contribution is 5.54. The summed E-state index contributed by atoms with van der Waals surface area (Å²) in [6, 6.07) is 4.94. The van der Waals surface area contributed by atoms with Crippen LogP contribution in [-0.4, -0.2) is 27.4 Å². The summed E-state index contributed by atoms with van der Waals surface area (Å²) in [6.07, 6.45) is 6.58. The maximum absolute atomic E-state index is 5.43. The molecule has 1 atom stereocenters. The second-order valence-corrected chi connectivity index (χ2v) is 5.68. The fourth-order valence-electron chi connectivity index (χ4n) is 3.07. The van der Waals surface area contributed by atoms with Crippen LogP contribution >= 0.6 is 0 Å². The summed E-state index contributed by atoms with van der Waals surface area (Å²) >= 11 is 0. The van der Waals surface area contributed by atoms with Crippen LogP contribution in [0.25, 0.3) is 0 Å². The number of rotatable bonds is 6. The normalized spacial score (nSPS) is 17.3. The van der Waals surface area contributed by atoms with Crippen molar-refractivity contribution >= 4 is 0 Å². The van der Waals surface area contributed by atoms with E-state index in [1.54, 1.807) is 21.3 Å². The van der Waals surface area contributed by atoms with Crippen molar-refractivity contribution < 1.29 is 14.2 Å². The molecule has 1 aliphatic rings. The van der Waals surface area contributed by atoms with Gasteiger partial charge in [0.15, 0.2) is 11.5 Å². The Morgan fingerprint density at radius 2 is 1.52 bits per heavy atom. The molecule has 4 nitrogen and oxygen atoms in total. The molecule has 4 heteroatoms. The summed E-state index contributed by atoms with van der Waals surface area (Å²) in [5.41, 5.74) is 1.16. The van der Waals surface area contributed by atoms with Crippen LogP contribution in [0.4, 0.5) is 0 Å². The first-order valence-corrected chi connectivity index (χ1v) is 7.75. The van der Waals surface area contributed by atoms with Crippen LogP contribution in [0.15, 0.2) is 12.1 Å². The van der Waals surface area contributed by atoms with E-state index in [0.29, 0.717) is 23.3 Å². The van der Waals surface area contributed by atoms with Crippen LogP contribution in [0, 0.1) is 0 Å². The molecule has 1 aromatic rings. The Morgan fingerprint density at radius 1 is 0.952 bits per heavy atom. The molecule has 1 aromatic carbocycles. The minimum Gasteiger partial charge on any atom is -0.493 e. The third-order valence-corrected chi connectivity index (χ3v) is 4.28. The van der Waals surface area contributed by atoms with Gasteiger partial charge in [-0.3, -0.25) is 0 Å². The average molecular weight is 293 g/mol. The van der Waals surface area contributed by atoms with Crippen molar-refractivity contribution in [1.82, 2.24) is 5.32 Å². The third kappa shape index (κ3) is 3.82. The molecule has 0 aromatic heterocycles. The van der Waals surface area contributed by atoms with E-state index in [2.05, 4.69) is 12.2 Å². The first-order valence-electron chi connectivity index (χ1n) is 7.75. The van der Waals surface area contributed by atoms with Crippen LogP contribution in [0.3, 0.4) is 0 Å². The first-order chi connectivity index (χ1) is 10.2. The van der Waals surface area contributed by atoms with Crippen LogP contribution in [0.2, 0.25) is 0 Å². The van der Waals surface area contributed by atoms with Crippen LogP contribution in [-0.2, 0) is 0 Å². The molecule has 0 heterocycles. The molecule has 0 bridgehead atoms. The van der Waals surface area contributed by atoms with Gasteiger partial charge in [-0.25, -0.2) is 0 Å². The van der Waals surface area contributed by atoms with Crippen molar-refractivity contribution in [1.29, 1.82) is 0 Å². The molecule has 1 saturated carbocycles. The summed E-state index contributed by atoms with van der Waals surface area (Å²) in [5, 5.41) is 3.72. The first kappa shape index (κ1) is 16.0. The van der Waals surface area contributed by atoms with Crippen molar-refractivity contribution in [3.8, 4) is 17.2 Å². The number of methoxy groups -OCH3 is 3. The summed E-state index contributed by atoms with van der Waals surface area (Å²) in [7, 11) is 4.93. The van der Waals surface area contributed by atoms with Crippen molar-refractivity contribution in [3.05, 3.63) is 17.7 Å². The summed E-state index contributed by atoms with van der Waals surface area (Å²) < 4.78 is 16.2. The standard InChI is InChI=1S/C17H27NO3/c1-12(18-14-8-6-5-7-9-14)13-10-15(19-2)17(21-4)16(11-13)20-3/h10-12,14,18H,5-9H2,1-4H3. The molecule has 0 spiro atoms. The molecule has 1 unspecified atom stereocenters. The second kappa shape index (κ2) is 7.55. The lowest BCUT2D eigenvalue weighted by molar-refractivity contribution is 0.320. The number of nitrogens with one attached hydrogen (secondary N) is 1. The van der Waals surface area contributed by atoms with E-state index in [4.69, 9.17) is 14.2 Å². The molecular weight excluding hydrogens is 266 g/mol. The smallest absolute Gasteiger partial charge is 0.203 e. The summed E-state index contributed by atoms with van der Waals surface area (Å²) in [4.78, 5) is 0. The monoisotopic (exact) mass is 293 g/mol. The van der Waals surface area contributed by atoms with Crippen molar-refractivity contribution in [3.63, 3.8) is 0 Å². The molecule has 0 radical (unpaired) electrons. The van der Waals surface area contributed by atoms with Crippen molar-refractivity contribution in [2.75, 3.05) is 21.3 Å². The van der Waals surface area contributed by atoms with Crippen LogP contribution in [0.1, 0.15) is 50.6 Å². The van der Waals surface area contributed by atoms with Gasteiger partial charge in [-0.15, -0.1) is 0 Å². The lowest BCUT2D eigenvalue weighted by atomic mass is 9.94. The molecule has 1 aliphatic carbocycles. The lowest BCUT2D eigenvalue weighted by Crippen LogP contribution is -2.33. The Bertz CT molecular complexity index is 430. The lowest BCUT2D eigenvalue weighted by Gasteiger charge is -2.27. The van der Waals surface area contributed by atoms with E-state index in [-0.39, 0.29) is 6.04 Å². The maximum atomic E-state index is 5.43. The zero-order chi connectivity index (χ0) is 15.2. The highest BCUT2D eigenvalue weighted by Gasteiger charge is 2.19. The predicted octanol–water partition coefficient (Wildman–Crippen LogP) is 3.70. The van der Waals surface area contributed by atoms with Gasteiger partial charge in [-0.1, -0.05) is 19.3 Å². The molecule has 1 fully saturated rings. The molecule has 0 amide bonds. The summed E-state index contributed by atoms with van der Waals surface area (Å²) in [5.74, 6) is 2.07. The van der Waals surface area contributed by atoms with E-state index in [9.17, 15) is 0 Å². The molecule has 1 N–H and O–H groups in total. The SMILES string of the molecule is COc1cc(C(C)NC2CCCCC2)cc(OC)c1OC. The van der Waals surface area contributed by atoms with E-state index in [1.165, 1.54) is 32.1 Å². The van der Waals surface area contributed by atoms with Gasteiger partial charge >= 0.3 is 0 Å². The Labute approximate surface area is 127 Å². The summed E-state index contributed by atoms with van der Waals surface area (Å²) in [6.45, 7) is 2.19. The Hall–Kier alpha value is -1.42. The van der Waals surface area contributed by atoms with E-state index < -0.39 is 0 Å². The Morgan fingerprint density at radius 3 is 2.00 bits per heavy atom. The Kier molecular flexibility index (Phi) is 5.74. The van der Waals surface area contributed by atoms with Gasteiger partial charge in [0.25, 0.3) is 0 Å². The quantitative estimate of drug-likeness (QED) is 0.868. The highest BCUT2D eigenvalue weighted by Crippen LogP contribution is 2.39. The maximum Gasteiger partial charge on any atom is 0.203 e. The molecule has 2 rings (SSSR count). The fourth-order valence-corrected chi connectivity index (χ4v) is 3.07.